The maximum absolute atomic E-state index is 13.4. The SMILES string of the molecule is Cl.N[C@@H](Cc1ccccc1)C(=O)N1CCc2ccc(F)cc21. The lowest BCUT2D eigenvalue weighted by Gasteiger charge is -2.21. The first-order valence-electron chi connectivity index (χ1n) is 7.04. The quantitative estimate of drug-likeness (QED) is 0.945. The minimum atomic E-state index is -0.610. The van der Waals surface area contributed by atoms with Crippen molar-refractivity contribution in [3.8, 4) is 0 Å². The number of fused-ring (bicyclic) bond motifs is 1. The fourth-order valence-electron chi connectivity index (χ4n) is 2.74. The van der Waals surface area contributed by atoms with E-state index < -0.39 is 6.04 Å². The number of hydrogen-bond donors (Lipinski definition) is 1. The second kappa shape index (κ2) is 6.90. The number of nitrogens with zero attached hydrogens (tertiary/aromatic N) is 1. The van der Waals surface area contributed by atoms with Crippen molar-refractivity contribution < 1.29 is 9.18 Å². The van der Waals surface area contributed by atoms with Crippen LogP contribution >= 0.6 is 12.4 Å². The van der Waals surface area contributed by atoms with Crippen molar-refractivity contribution in [2.75, 3.05) is 11.4 Å². The number of amides is 1. The van der Waals surface area contributed by atoms with Gasteiger partial charge >= 0.3 is 0 Å². The molecule has 1 aliphatic rings. The summed E-state index contributed by atoms with van der Waals surface area (Å²) >= 11 is 0. The molecule has 22 heavy (non-hydrogen) atoms. The number of hydrogen-bond acceptors (Lipinski definition) is 2. The van der Waals surface area contributed by atoms with E-state index in [0.717, 1.165) is 17.5 Å². The Balaban J connectivity index is 0.00000176. The summed E-state index contributed by atoms with van der Waals surface area (Å²) in [5.41, 5.74) is 8.72. The Hall–Kier alpha value is -1.91. The van der Waals surface area contributed by atoms with Gasteiger partial charge < -0.3 is 10.6 Å². The molecule has 3 rings (SSSR count). The molecular formula is C17H18ClFN2O. The van der Waals surface area contributed by atoms with E-state index in [0.29, 0.717) is 18.7 Å². The molecular weight excluding hydrogens is 303 g/mol. The van der Waals surface area contributed by atoms with E-state index in [1.807, 2.05) is 30.3 Å². The van der Waals surface area contributed by atoms with Gasteiger partial charge in [-0.05, 0) is 36.1 Å². The molecule has 1 atom stereocenters. The molecule has 0 radical (unpaired) electrons. The number of carbonyl (C=O) groups excluding carboxylic acids is 1. The molecule has 5 heteroatoms. The van der Waals surface area contributed by atoms with Gasteiger partial charge in [0.15, 0.2) is 0 Å². The summed E-state index contributed by atoms with van der Waals surface area (Å²) in [5, 5.41) is 0. The van der Waals surface area contributed by atoms with Gasteiger partial charge in [-0.25, -0.2) is 4.39 Å². The minimum Gasteiger partial charge on any atom is -0.320 e. The largest absolute Gasteiger partial charge is 0.320 e. The molecule has 0 bridgehead atoms. The third-order valence-corrected chi connectivity index (χ3v) is 3.82. The van der Waals surface area contributed by atoms with Crippen LogP contribution in [-0.4, -0.2) is 18.5 Å². The fourth-order valence-corrected chi connectivity index (χ4v) is 2.74. The predicted molar refractivity (Wildman–Crippen MR) is 87.8 cm³/mol. The molecule has 0 spiro atoms. The lowest BCUT2D eigenvalue weighted by molar-refractivity contribution is -0.119. The van der Waals surface area contributed by atoms with Crippen molar-refractivity contribution in [1.82, 2.24) is 0 Å². The number of nitrogens with two attached hydrogens (primary N) is 1. The van der Waals surface area contributed by atoms with Crippen LogP contribution in [0.15, 0.2) is 48.5 Å². The fraction of sp³-hybridized carbons (Fsp3) is 0.235. The van der Waals surface area contributed by atoms with Crippen LogP contribution < -0.4 is 10.6 Å². The Morgan fingerprint density at radius 3 is 2.68 bits per heavy atom. The second-order valence-electron chi connectivity index (χ2n) is 5.31. The highest BCUT2D eigenvalue weighted by molar-refractivity contribution is 5.99. The molecule has 0 saturated heterocycles. The summed E-state index contributed by atoms with van der Waals surface area (Å²) in [6.45, 7) is 0.570. The van der Waals surface area contributed by atoms with E-state index >= 15 is 0 Å². The van der Waals surface area contributed by atoms with Gasteiger partial charge in [-0.1, -0.05) is 36.4 Å². The summed E-state index contributed by atoms with van der Waals surface area (Å²) in [5.74, 6) is -0.478. The molecule has 1 heterocycles. The molecule has 3 nitrogen and oxygen atoms in total. The highest BCUT2D eigenvalue weighted by Gasteiger charge is 2.28. The van der Waals surface area contributed by atoms with Gasteiger partial charge in [0.05, 0.1) is 6.04 Å². The Labute approximate surface area is 135 Å². The Morgan fingerprint density at radius 2 is 1.95 bits per heavy atom. The van der Waals surface area contributed by atoms with Gasteiger partial charge in [0.25, 0.3) is 0 Å². The highest BCUT2D eigenvalue weighted by atomic mass is 35.5. The van der Waals surface area contributed by atoms with Crippen LogP contribution in [0.3, 0.4) is 0 Å². The maximum Gasteiger partial charge on any atom is 0.244 e. The van der Waals surface area contributed by atoms with Crippen LogP contribution in [0.5, 0.6) is 0 Å². The van der Waals surface area contributed by atoms with Gasteiger partial charge in [-0.2, -0.15) is 0 Å². The molecule has 116 valence electrons. The Morgan fingerprint density at radius 1 is 1.23 bits per heavy atom. The molecule has 0 fully saturated rings. The Kier molecular flexibility index (Phi) is 5.16. The van der Waals surface area contributed by atoms with E-state index in [2.05, 4.69) is 0 Å². The second-order valence-corrected chi connectivity index (χ2v) is 5.31. The summed E-state index contributed by atoms with van der Waals surface area (Å²) < 4.78 is 13.4. The normalized spacial score (nSPS) is 14.2. The van der Waals surface area contributed by atoms with Crippen molar-refractivity contribution in [1.29, 1.82) is 0 Å². The van der Waals surface area contributed by atoms with Crippen LogP contribution in [0.4, 0.5) is 10.1 Å². The van der Waals surface area contributed by atoms with E-state index in [4.69, 9.17) is 5.73 Å². The molecule has 2 aromatic carbocycles. The lowest BCUT2D eigenvalue weighted by Crippen LogP contribution is -2.44. The third-order valence-electron chi connectivity index (χ3n) is 3.82. The summed E-state index contributed by atoms with van der Waals surface area (Å²) in [4.78, 5) is 14.1. The maximum atomic E-state index is 13.4. The molecule has 0 aromatic heterocycles. The standard InChI is InChI=1S/C17H17FN2O.ClH/c18-14-7-6-13-8-9-20(16(13)11-14)17(21)15(19)10-12-4-2-1-3-5-12;/h1-7,11,15H,8-10,19H2;1H/t15-;/m0./s1. The van der Waals surface area contributed by atoms with Crippen LogP contribution in [0.1, 0.15) is 11.1 Å². The van der Waals surface area contributed by atoms with Crippen LogP contribution in [0.2, 0.25) is 0 Å². The number of carbonyl (C=O) groups is 1. The van der Waals surface area contributed by atoms with Crippen LogP contribution in [-0.2, 0) is 17.6 Å². The zero-order chi connectivity index (χ0) is 14.8. The van der Waals surface area contributed by atoms with Gasteiger partial charge in [0.2, 0.25) is 5.91 Å². The molecule has 2 aromatic rings. The third kappa shape index (κ3) is 3.29. The number of benzene rings is 2. The molecule has 2 N–H and O–H groups in total. The Bertz CT molecular complexity index is 663. The van der Waals surface area contributed by atoms with Crippen molar-refractivity contribution in [2.24, 2.45) is 5.73 Å². The van der Waals surface area contributed by atoms with E-state index in [1.54, 1.807) is 11.0 Å². The van der Waals surface area contributed by atoms with Gasteiger partial charge in [-0.3, -0.25) is 4.79 Å². The number of rotatable bonds is 3. The monoisotopic (exact) mass is 320 g/mol. The zero-order valence-corrected chi connectivity index (χ0v) is 12.9. The van der Waals surface area contributed by atoms with Crippen LogP contribution in [0.25, 0.3) is 0 Å². The smallest absolute Gasteiger partial charge is 0.244 e. The number of halogens is 2. The summed E-state index contributed by atoms with van der Waals surface area (Å²) in [6, 6.07) is 13.6. The molecule has 1 aliphatic heterocycles. The summed E-state index contributed by atoms with van der Waals surface area (Å²) in [7, 11) is 0. The highest BCUT2D eigenvalue weighted by Crippen LogP contribution is 2.29. The van der Waals surface area contributed by atoms with Gasteiger partial charge in [-0.15, -0.1) is 12.4 Å². The first-order chi connectivity index (χ1) is 10.1. The van der Waals surface area contributed by atoms with E-state index in [-0.39, 0.29) is 24.1 Å². The van der Waals surface area contributed by atoms with Gasteiger partial charge in [0, 0.05) is 12.2 Å². The molecule has 1 amide bonds. The average molecular weight is 321 g/mol. The summed E-state index contributed by atoms with van der Waals surface area (Å²) in [6.07, 6.45) is 1.24. The molecule has 0 aliphatic carbocycles. The molecule has 0 unspecified atom stereocenters. The van der Waals surface area contributed by atoms with E-state index in [9.17, 15) is 9.18 Å². The van der Waals surface area contributed by atoms with Crippen molar-refractivity contribution in [3.63, 3.8) is 0 Å². The zero-order valence-electron chi connectivity index (χ0n) is 12.0. The van der Waals surface area contributed by atoms with Crippen LogP contribution in [0, 0.1) is 5.82 Å². The number of anilines is 1. The lowest BCUT2D eigenvalue weighted by atomic mass is 10.1. The van der Waals surface area contributed by atoms with Crippen molar-refractivity contribution in [3.05, 3.63) is 65.5 Å². The van der Waals surface area contributed by atoms with Crippen molar-refractivity contribution >= 4 is 24.0 Å². The van der Waals surface area contributed by atoms with Gasteiger partial charge in [0.1, 0.15) is 5.82 Å². The van der Waals surface area contributed by atoms with Crippen molar-refractivity contribution in [2.45, 2.75) is 18.9 Å². The molecule has 0 saturated carbocycles. The first kappa shape index (κ1) is 16.5. The average Bonchev–Trinajstić information content (AvgIpc) is 2.90. The predicted octanol–water partition coefficient (Wildman–Crippen LogP) is 2.71. The minimum absolute atomic E-state index is 0. The van der Waals surface area contributed by atoms with E-state index in [1.165, 1.54) is 12.1 Å². The first-order valence-corrected chi connectivity index (χ1v) is 7.04. The topological polar surface area (TPSA) is 46.3 Å².